The maximum Gasteiger partial charge on any atom is 0.303 e. The normalized spacial score (nSPS) is 11.4. The largest absolute Gasteiger partial charge is 0.481 e. The Labute approximate surface area is 194 Å². The molecule has 0 spiro atoms. The molecule has 176 valence electrons. The zero-order valence-corrected chi connectivity index (χ0v) is 18.8. The van der Waals surface area contributed by atoms with E-state index < -0.39 is 11.9 Å². The number of carboxylic acid groups (broad SMARTS) is 2. The van der Waals surface area contributed by atoms with Crippen molar-refractivity contribution in [2.24, 2.45) is 0 Å². The first-order valence-corrected chi connectivity index (χ1v) is 11.2. The van der Waals surface area contributed by atoms with Crippen LogP contribution >= 0.6 is 0 Å². The maximum atomic E-state index is 13.4. The Morgan fingerprint density at radius 1 is 0.941 bits per heavy atom. The van der Waals surface area contributed by atoms with E-state index in [1.165, 1.54) is 12.1 Å². The van der Waals surface area contributed by atoms with Crippen LogP contribution in [0.2, 0.25) is 0 Å². The fourth-order valence-corrected chi connectivity index (χ4v) is 4.76. The van der Waals surface area contributed by atoms with Crippen LogP contribution in [-0.4, -0.2) is 37.1 Å². The number of aryl methyl sites for hydroxylation is 3. The number of nitrogens with zero attached hydrogens (tertiary/aromatic N) is 2. The van der Waals surface area contributed by atoms with Crippen LogP contribution in [0.1, 0.15) is 47.9 Å². The highest BCUT2D eigenvalue weighted by atomic mass is 19.1. The molecule has 0 bridgehead atoms. The van der Waals surface area contributed by atoms with Crippen LogP contribution in [0.3, 0.4) is 0 Å². The van der Waals surface area contributed by atoms with Gasteiger partial charge in [0.25, 0.3) is 0 Å². The van der Waals surface area contributed by atoms with Gasteiger partial charge in [0.05, 0.1) is 17.6 Å². The van der Waals surface area contributed by atoms with Gasteiger partial charge in [-0.25, -0.2) is 9.18 Å². The number of halogens is 1. The van der Waals surface area contributed by atoms with Gasteiger partial charge in [-0.2, -0.15) is 0 Å². The maximum absolute atomic E-state index is 13.4. The minimum Gasteiger partial charge on any atom is -0.481 e. The highest BCUT2D eigenvalue weighted by Gasteiger charge is 2.23. The molecule has 0 atom stereocenters. The number of carbonyl (C=O) groups excluding carboxylic acids is 1. The van der Waals surface area contributed by atoms with Crippen molar-refractivity contribution in [3.63, 3.8) is 0 Å². The molecular weight excluding hydrogens is 439 g/mol. The Kier molecular flexibility index (Phi) is 6.52. The second-order valence-electron chi connectivity index (χ2n) is 8.52. The lowest BCUT2D eigenvalue weighted by Crippen LogP contribution is -2.20. The summed E-state index contributed by atoms with van der Waals surface area (Å²) >= 11 is 0. The van der Waals surface area contributed by atoms with Gasteiger partial charge >= 0.3 is 11.9 Å². The van der Waals surface area contributed by atoms with E-state index in [4.69, 9.17) is 10.2 Å². The SMILES string of the molecule is Cc1ccc2c(CCCC(=O)O)c(CCCC(=O)O)c3c(=C=O)n(Cc4ccc(F)cc4)c1n23. The van der Waals surface area contributed by atoms with E-state index in [2.05, 4.69) is 5.94 Å². The number of carbonyl (C=O) groups is 2. The summed E-state index contributed by atoms with van der Waals surface area (Å²) in [4.78, 5) is 34.5. The molecule has 0 fully saturated rings. The van der Waals surface area contributed by atoms with Crippen molar-refractivity contribution in [2.75, 3.05) is 0 Å². The van der Waals surface area contributed by atoms with Crippen LogP contribution in [0.15, 0.2) is 36.4 Å². The van der Waals surface area contributed by atoms with E-state index in [-0.39, 0.29) is 18.7 Å². The van der Waals surface area contributed by atoms with E-state index in [1.54, 1.807) is 12.1 Å². The number of hydrogen-bond acceptors (Lipinski definition) is 3. The molecule has 3 heterocycles. The molecule has 0 saturated carbocycles. The van der Waals surface area contributed by atoms with Gasteiger partial charge in [0.2, 0.25) is 0 Å². The Morgan fingerprint density at radius 3 is 2.15 bits per heavy atom. The lowest BCUT2D eigenvalue weighted by molar-refractivity contribution is -0.138. The Balaban J connectivity index is 1.93. The van der Waals surface area contributed by atoms with Crippen molar-refractivity contribution in [3.8, 4) is 0 Å². The minimum absolute atomic E-state index is 0.00842. The number of pyridine rings is 1. The molecule has 2 N–H and O–H groups in total. The summed E-state index contributed by atoms with van der Waals surface area (Å²) in [6, 6.07) is 10.0. The van der Waals surface area contributed by atoms with Crippen molar-refractivity contribution in [2.45, 2.75) is 52.0 Å². The average molecular weight is 464 g/mol. The number of rotatable bonds is 10. The second-order valence-corrected chi connectivity index (χ2v) is 8.52. The minimum atomic E-state index is -0.895. The van der Waals surface area contributed by atoms with E-state index in [0.717, 1.165) is 33.4 Å². The van der Waals surface area contributed by atoms with Gasteiger partial charge in [0, 0.05) is 12.8 Å². The van der Waals surface area contributed by atoms with E-state index in [1.807, 2.05) is 28.0 Å². The third-order valence-electron chi connectivity index (χ3n) is 6.21. The molecule has 4 aromatic rings. The standard InChI is InChI=1S/C26H25FN2O5/c1-16-8-13-21-19(4-2-6-23(31)32)20(5-3-7-24(33)34)25-22(15-30)28(26(16)29(21)25)14-17-9-11-18(27)12-10-17/h8-13H,2-7,14H2,1H3,(H,31,32)(H,33,34). The van der Waals surface area contributed by atoms with E-state index in [0.29, 0.717) is 43.1 Å². The topological polar surface area (TPSA) is 101 Å². The zero-order chi connectivity index (χ0) is 24.4. The molecule has 0 unspecified atom stereocenters. The Morgan fingerprint density at radius 2 is 1.56 bits per heavy atom. The highest BCUT2D eigenvalue weighted by Crippen LogP contribution is 2.31. The molecule has 0 saturated heterocycles. The smallest absolute Gasteiger partial charge is 0.303 e. The highest BCUT2D eigenvalue weighted by molar-refractivity contribution is 5.84. The summed E-state index contributed by atoms with van der Waals surface area (Å²) in [5.41, 5.74) is 5.92. The monoisotopic (exact) mass is 464 g/mol. The Bertz CT molecular complexity index is 1460. The van der Waals surface area contributed by atoms with Crippen LogP contribution < -0.4 is 5.35 Å². The van der Waals surface area contributed by atoms with Crippen molar-refractivity contribution in [1.29, 1.82) is 0 Å². The summed E-state index contributed by atoms with van der Waals surface area (Å²) in [7, 11) is 0. The predicted molar refractivity (Wildman–Crippen MR) is 124 cm³/mol. The van der Waals surface area contributed by atoms with Gasteiger partial charge in [-0.15, -0.1) is 0 Å². The molecule has 0 aliphatic heterocycles. The average Bonchev–Trinajstić information content (AvgIpc) is 3.26. The van der Waals surface area contributed by atoms with Crippen LogP contribution in [0.4, 0.5) is 4.39 Å². The first-order chi connectivity index (χ1) is 16.3. The molecule has 1 aromatic carbocycles. The summed E-state index contributed by atoms with van der Waals surface area (Å²) < 4.78 is 17.3. The number of carboxylic acids is 2. The van der Waals surface area contributed by atoms with Crippen LogP contribution in [0.25, 0.3) is 16.7 Å². The lowest BCUT2D eigenvalue weighted by atomic mass is 9.99. The molecule has 34 heavy (non-hydrogen) atoms. The van der Waals surface area contributed by atoms with Crippen LogP contribution in [-0.2, 0) is 33.8 Å². The second kappa shape index (κ2) is 9.53. The summed E-state index contributed by atoms with van der Waals surface area (Å²) in [6.45, 7) is 2.29. The van der Waals surface area contributed by atoms with Gasteiger partial charge in [-0.3, -0.25) is 14.0 Å². The fourth-order valence-electron chi connectivity index (χ4n) is 4.76. The van der Waals surface area contributed by atoms with Crippen LogP contribution in [0.5, 0.6) is 0 Å². The Hall–Kier alpha value is -3.90. The quantitative estimate of drug-likeness (QED) is 0.375. The van der Waals surface area contributed by atoms with Crippen LogP contribution in [0, 0.1) is 12.7 Å². The number of hydrogen-bond donors (Lipinski definition) is 2. The van der Waals surface area contributed by atoms with Crippen molar-refractivity contribution in [3.05, 3.63) is 69.8 Å². The number of aromatic nitrogens is 2. The first kappa shape index (κ1) is 23.3. The van der Waals surface area contributed by atoms with E-state index >= 15 is 0 Å². The molecule has 7 nitrogen and oxygen atoms in total. The van der Waals surface area contributed by atoms with Gasteiger partial charge in [-0.05, 0) is 73.1 Å². The van der Waals surface area contributed by atoms with Crippen molar-refractivity contribution in [1.82, 2.24) is 8.97 Å². The van der Waals surface area contributed by atoms with E-state index in [9.17, 15) is 18.8 Å². The summed E-state index contributed by atoms with van der Waals surface area (Å²) in [5, 5.41) is 18.6. The molecule has 0 amide bonds. The predicted octanol–water partition coefficient (Wildman–Crippen LogP) is 3.43. The number of benzene rings is 1. The lowest BCUT2D eigenvalue weighted by Gasteiger charge is -2.10. The number of imidazole rings is 1. The van der Waals surface area contributed by atoms with Gasteiger partial charge in [0.15, 0.2) is 11.3 Å². The van der Waals surface area contributed by atoms with Crippen molar-refractivity contribution >= 4 is 34.6 Å². The molecule has 0 aliphatic carbocycles. The first-order valence-electron chi connectivity index (χ1n) is 11.2. The molecule has 0 aliphatic rings. The zero-order valence-electron chi connectivity index (χ0n) is 18.8. The molecular formula is C26H25FN2O5. The van der Waals surface area contributed by atoms with Crippen molar-refractivity contribution < 1.29 is 29.0 Å². The third-order valence-corrected chi connectivity index (χ3v) is 6.21. The molecule has 8 heteroatoms. The summed E-state index contributed by atoms with van der Waals surface area (Å²) in [6.07, 6.45) is 1.79. The van der Waals surface area contributed by atoms with Gasteiger partial charge < -0.3 is 14.8 Å². The molecule has 0 radical (unpaired) electrons. The number of aliphatic carboxylic acids is 2. The molecule has 4 rings (SSSR count). The third kappa shape index (κ3) is 4.32. The fraction of sp³-hybridized carbons (Fsp3) is 0.308. The van der Waals surface area contributed by atoms with Gasteiger partial charge in [0.1, 0.15) is 11.5 Å². The summed E-state index contributed by atoms with van der Waals surface area (Å²) in [5.74, 6) is -0.0173. The van der Waals surface area contributed by atoms with Gasteiger partial charge in [-0.1, -0.05) is 18.2 Å². The molecule has 3 aromatic heterocycles.